The molecule has 0 bridgehead atoms. The zero-order chi connectivity index (χ0) is 14.5. The number of esters is 1. The van der Waals surface area contributed by atoms with Crippen LogP contribution in [0.1, 0.15) is 25.8 Å². The number of methoxy groups -OCH3 is 1. The highest BCUT2D eigenvalue weighted by Crippen LogP contribution is 2.10. The molecule has 0 aliphatic carbocycles. The van der Waals surface area contributed by atoms with Gasteiger partial charge in [-0.05, 0) is 20.8 Å². The largest absolute Gasteiger partial charge is 0.467 e. The first-order valence-electron chi connectivity index (χ1n) is 5.77. The molecule has 1 atom stereocenters. The summed E-state index contributed by atoms with van der Waals surface area (Å²) in [5.41, 5.74) is -0.619. The molecule has 0 aromatic carbocycles. The van der Waals surface area contributed by atoms with Crippen LogP contribution in [0.5, 0.6) is 0 Å². The van der Waals surface area contributed by atoms with Crippen molar-refractivity contribution >= 4 is 23.4 Å². The molecular weight excluding hydrogens is 268 g/mol. The molecule has 0 spiro atoms. The van der Waals surface area contributed by atoms with Crippen molar-refractivity contribution in [2.24, 2.45) is 0 Å². The minimum absolute atomic E-state index is 0.281. The van der Waals surface area contributed by atoms with Crippen LogP contribution in [0.4, 0.5) is 4.79 Å². The van der Waals surface area contributed by atoms with Gasteiger partial charge in [0.05, 0.1) is 12.1 Å². The van der Waals surface area contributed by atoms with Gasteiger partial charge in [-0.3, -0.25) is 0 Å². The molecule has 0 fully saturated rings. The van der Waals surface area contributed by atoms with E-state index in [1.54, 1.807) is 32.3 Å². The lowest BCUT2D eigenvalue weighted by Crippen LogP contribution is -2.45. The fourth-order valence-electron chi connectivity index (χ4n) is 1.31. The standard InChI is InChI=1S/C12H18N2O4S/c1-12(2,3)18-11(16)14-8(10(15)17-4)7-9-13-5-6-19-9/h5-6,8H,7H2,1-4H3,(H,14,16). The van der Waals surface area contributed by atoms with Gasteiger partial charge in [0.1, 0.15) is 11.6 Å². The highest BCUT2D eigenvalue weighted by molar-refractivity contribution is 7.09. The van der Waals surface area contributed by atoms with Gasteiger partial charge < -0.3 is 14.8 Å². The fraction of sp³-hybridized carbons (Fsp3) is 0.583. The molecule has 6 nitrogen and oxygen atoms in total. The predicted molar refractivity (Wildman–Crippen MR) is 71.0 cm³/mol. The van der Waals surface area contributed by atoms with Gasteiger partial charge in [0, 0.05) is 18.0 Å². The monoisotopic (exact) mass is 286 g/mol. The van der Waals surface area contributed by atoms with Crippen LogP contribution < -0.4 is 5.32 Å². The Morgan fingerprint density at radius 2 is 2.16 bits per heavy atom. The Bertz CT molecular complexity index is 425. The van der Waals surface area contributed by atoms with E-state index in [0.29, 0.717) is 0 Å². The van der Waals surface area contributed by atoms with Gasteiger partial charge in [-0.25, -0.2) is 14.6 Å². The molecule has 1 rings (SSSR count). The van der Waals surface area contributed by atoms with E-state index in [-0.39, 0.29) is 6.42 Å². The minimum Gasteiger partial charge on any atom is -0.467 e. The molecule has 1 unspecified atom stereocenters. The molecule has 0 radical (unpaired) electrons. The van der Waals surface area contributed by atoms with Crippen molar-refractivity contribution in [1.29, 1.82) is 0 Å². The SMILES string of the molecule is COC(=O)C(Cc1nccs1)NC(=O)OC(C)(C)C. The molecule has 0 saturated heterocycles. The third kappa shape index (κ3) is 5.69. The summed E-state index contributed by atoms with van der Waals surface area (Å²) in [7, 11) is 1.27. The topological polar surface area (TPSA) is 77.5 Å². The van der Waals surface area contributed by atoms with E-state index in [1.807, 2.05) is 0 Å². The fourth-order valence-corrected chi connectivity index (χ4v) is 1.98. The van der Waals surface area contributed by atoms with Gasteiger partial charge in [-0.15, -0.1) is 11.3 Å². The van der Waals surface area contributed by atoms with Crippen LogP contribution in [0, 0.1) is 0 Å². The molecule has 1 aromatic rings. The molecular formula is C12H18N2O4S. The lowest BCUT2D eigenvalue weighted by molar-refractivity contribution is -0.143. The quantitative estimate of drug-likeness (QED) is 0.853. The zero-order valence-electron chi connectivity index (χ0n) is 11.4. The molecule has 1 amide bonds. The second kappa shape index (κ2) is 6.51. The summed E-state index contributed by atoms with van der Waals surface area (Å²) in [4.78, 5) is 27.4. The van der Waals surface area contributed by atoms with Crippen LogP contribution in [0.15, 0.2) is 11.6 Å². The number of carbonyl (C=O) groups is 2. The first-order valence-corrected chi connectivity index (χ1v) is 6.65. The van der Waals surface area contributed by atoms with Crippen molar-refractivity contribution in [2.45, 2.75) is 38.8 Å². The Kier molecular flexibility index (Phi) is 5.29. The average molecular weight is 286 g/mol. The van der Waals surface area contributed by atoms with E-state index < -0.39 is 23.7 Å². The second-order valence-corrected chi connectivity index (χ2v) is 5.83. The summed E-state index contributed by atoms with van der Waals surface area (Å²) in [5, 5.41) is 5.04. The number of nitrogens with one attached hydrogen (secondary N) is 1. The van der Waals surface area contributed by atoms with Crippen molar-refractivity contribution in [3.05, 3.63) is 16.6 Å². The van der Waals surface area contributed by atoms with Gasteiger partial charge in [0.15, 0.2) is 0 Å². The van der Waals surface area contributed by atoms with E-state index in [0.717, 1.165) is 5.01 Å². The Morgan fingerprint density at radius 3 is 2.63 bits per heavy atom. The van der Waals surface area contributed by atoms with Crippen molar-refractivity contribution in [2.75, 3.05) is 7.11 Å². The van der Waals surface area contributed by atoms with Crippen LogP contribution >= 0.6 is 11.3 Å². The smallest absolute Gasteiger partial charge is 0.408 e. The molecule has 1 N–H and O–H groups in total. The summed E-state index contributed by atoms with van der Waals surface area (Å²) < 4.78 is 9.77. The molecule has 19 heavy (non-hydrogen) atoms. The van der Waals surface area contributed by atoms with Crippen LogP contribution in [0.3, 0.4) is 0 Å². The number of hydrogen-bond acceptors (Lipinski definition) is 6. The Hall–Kier alpha value is -1.63. The molecule has 0 saturated carbocycles. The number of rotatable bonds is 4. The van der Waals surface area contributed by atoms with E-state index >= 15 is 0 Å². The number of carbonyl (C=O) groups excluding carboxylic acids is 2. The molecule has 1 heterocycles. The normalized spacial score (nSPS) is 12.6. The molecule has 0 aliphatic heterocycles. The number of amides is 1. The average Bonchev–Trinajstić information content (AvgIpc) is 2.77. The van der Waals surface area contributed by atoms with Gasteiger partial charge in [0.25, 0.3) is 0 Å². The van der Waals surface area contributed by atoms with Crippen LogP contribution in [-0.2, 0) is 20.7 Å². The van der Waals surface area contributed by atoms with E-state index in [4.69, 9.17) is 4.74 Å². The Balaban J connectivity index is 2.65. The minimum atomic E-state index is -0.800. The summed E-state index contributed by atoms with van der Waals surface area (Å²) in [6.07, 6.45) is 1.27. The lowest BCUT2D eigenvalue weighted by Gasteiger charge is -2.22. The summed E-state index contributed by atoms with van der Waals surface area (Å²) in [5.74, 6) is -0.527. The van der Waals surface area contributed by atoms with Crippen LogP contribution in [0.25, 0.3) is 0 Å². The van der Waals surface area contributed by atoms with Gasteiger partial charge in [0.2, 0.25) is 0 Å². The maximum atomic E-state index is 11.7. The Labute approximate surface area is 116 Å². The maximum absolute atomic E-state index is 11.7. The summed E-state index contributed by atoms with van der Waals surface area (Å²) >= 11 is 1.41. The molecule has 1 aromatic heterocycles. The Morgan fingerprint density at radius 1 is 1.47 bits per heavy atom. The van der Waals surface area contributed by atoms with Crippen LogP contribution in [-0.4, -0.2) is 35.8 Å². The van der Waals surface area contributed by atoms with Gasteiger partial charge in [-0.2, -0.15) is 0 Å². The highest BCUT2D eigenvalue weighted by atomic mass is 32.1. The summed E-state index contributed by atoms with van der Waals surface area (Å²) in [6.45, 7) is 5.25. The number of aromatic nitrogens is 1. The van der Waals surface area contributed by atoms with Crippen molar-refractivity contribution in [3.63, 3.8) is 0 Å². The first kappa shape index (κ1) is 15.4. The lowest BCUT2D eigenvalue weighted by atomic mass is 10.2. The maximum Gasteiger partial charge on any atom is 0.408 e. The first-order chi connectivity index (χ1) is 8.81. The molecule has 7 heteroatoms. The third-order valence-corrected chi connectivity index (χ3v) is 2.84. The zero-order valence-corrected chi connectivity index (χ0v) is 12.2. The number of ether oxygens (including phenoxy) is 2. The van der Waals surface area contributed by atoms with Gasteiger partial charge in [-0.1, -0.05) is 0 Å². The van der Waals surface area contributed by atoms with Crippen molar-refractivity contribution in [3.8, 4) is 0 Å². The number of nitrogens with zero attached hydrogens (tertiary/aromatic N) is 1. The highest BCUT2D eigenvalue weighted by Gasteiger charge is 2.25. The second-order valence-electron chi connectivity index (χ2n) is 4.85. The third-order valence-electron chi connectivity index (χ3n) is 2.04. The van der Waals surface area contributed by atoms with Gasteiger partial charge >= 0.3 is 12.1 Å². The van der Waals surface area contributed by atoms with Crippen molar-refractivity contribution in [1.82, 2.24) is 10.3 Å². The number of thiazole rings is 1. The van der Waals surface area contributed by atoms with E-state index in [9.17, 15) is 9.59 Å². The molecule has 106 valence electrons. The van der Waals surface area contributed by atoms with Crippen molar-refractivity contribution < 1.29 is 19.1 Å². The number of alkyl carbamates (subject to hydrolysis) is 1. The van der Waals surface area contributed by atoms with E-state index in [2.05, 4.69) is 15.0 Å². The predicted octanol–water partition coefficient (Wildman–Crippen LogP) is 1.75. The number of hydrogen-bond donors (Lipinski definition) is 1. The van der Waals surface area contributed by atoms with Crippen LogP contribution in [0.2, 0.25) is 0 Å². The van der Waals surface area contributed by atoms with E-state index in [1.165, 1.54) is 18.4 Å². The molecule has 0 aliphatic rings. The summed E-state index contributed by atoms with van der Waals surface area (Å²) in [6, 6.07) is -0.800.